The van der Waals surface area contributed by atoms with Crippen LogP contribution in [-0.4, -0.2) is 14.8 Å². The minimum Gasteiger partial charge on any atom is -0.287 e. The summed E-state index contributed by atoms with van der Waals surface area (Å²) in [4.78, 5) is 3.97. The zero-order valence-corrected chi connectivity index (χ0v) is 14.7. The maximum atomic E-state index is 9.10. The summed E-state index contributed by atoms with van der Waals surface area (Å²) in [5.41, 5.74) is 4.33. The Morgan fingerprint density at radius 1 is 1.15 bits per heavy atom. The predicted molar refractivity (Wildman–Crippen MR) is 106 cm³/mol. The molecule has 132 valence electrons. The van der Waals surface area contributed by atoms with Gasteiger partial charge in [-0.2, -0.15) is 10.4 Å². The minimum atomic E-state index is 0.564. The fraction of sp³-hybridized carbons (Fsp3) is 0. The van der Waals surface area contributed by atoms with Crippen LogP contribution in [-0.2, 0) is 0 Å². The monoisotopic (exact) mass is 354 g/mol. The van der Waals surface area contributed by atoms with Crippen molar-refractivity contribution in [2.75, 3.05) is 5.01 Å². The Balaban J connectivity index is 1.80. The van der Waals surface area contributed by atoms with E-state index in [1.165, 1.54) is 5.01 Å². The lowest BCUT2D eigenvalue weighted by Gasteiger charge is -2.14. The number of benzene rings is 1. The van der Waals surface area contributed by atoms with E-state index in [-0.39, 0.29) is 0 Å². The Bertz CT molecular complexity index is 1040. The summed E-state index contributed by atoms with van der Waals surface area (Å²) in [5, 5.41) is 14.9. The third-order valence-corrected chi connectivity index (χ3v) is 3.96. The van der Waals surface area contributed by atoms with Gasteiger partial charge >= 0.3 is 0 Å². The second-order valence-electron chi connectivity index (χ2n) is 5.72. The molecule has 0 bridgehead atoms. The first-order valence-corrected chi connectivity index (χ1v) is 8.15. The van der Waals surface area contributed by atoms with E-state index >= 15 is 0 Å². The van der Waals surface area contributed by atoms with E-state index in [4.69, 9.17) is 11.1 Å². The first kappa shape index (κ1) is 17.9. The van der Waals surface area contributed by atoms with E-state index in [0.717, 1.165) is 17.1 Å². The normalized spacial score (nSPS) is 10.5. The molecule has 2 aromatic heterocycles. The molecule has 2 N–H and O–H groups in total. The summed E-state index contributed by atoms with van der Waals surface area (Å²) < 4.78 is 1.73. The molecule has 6 nitrogen and oxygen atoms in total. The first-order valence-electron chi connectivity index (χ1n) is 8.15. The van der Waals surface area contributed by atoms with Gasteiger partial charge in [0.15, 0.2) is 0 Å². The number of hydrazine groups is 1. The maximum Gasteiger partial charge on any atom is 0.0992 e. The molecule has 0 fully saturated rings. The molecule has 2 heterocycles. The van der Waals surface area contributed by atoms with Crippen LogP contribution in [0.5, 0.6) is 0 Å². The molecule has 0 atom stereocenters. The number of nitrogens with two attached hydrogens (primary N) is 1. The van der Waals surface area contributed by atoms with Gasteiger partial charge in [0.05, 0.1) is 34.9 Å². The Hall–Kier alpha value is -3.95. The van der Waals surface area contributed by atoms with Gasteiger partial charge in [-0.3, -0.25) is 9.99 Å². The van der Waals surface area contributed by atoms with Gasteiger partial charge in [0.25, 0.3) is 0 Å². The van der Waals surface area contributed by atoms with Gasteiger partial charge in [0.1, 0.15) is 0 Å². The fourth-order valence-corrected chi connectivity index (χ4v) is 2.48. The van der Waals surface area contributed by atoms with Gasteiger partial charge in [-0.25, -0.2) is 10.5 Å². The first-order chi connectivity index (χ1) is 13.1. The summed E-state index contributed by atoms with van der Waals surface area (Å²) in [6.07, 6.45) is 8.52. The van der Waals surface area contributed by atoms with Crippen molar-refractivity contribution in [1.82, 2.24) is 14.8 Å². The summed E-state index contributed by atoms with van der Waals surface area (Å²) in [5.74, 6) is 6.01. The molecule has 0 spiro atoms. The molecule has 0 saturated heterocycles. The van der Waals surface area contributed by atoms with Gasteiger partial charge in [-0.05, 0) is 53.6 Å². The van der Waals surface area contributed by atoms with Crippen molar-refractivity contribution in [3.63, 3.8) is 0 Å². The highest BCUT2D eigenvalue weighted by Gasteiger charge is 2.10. The topological polar surface area (TPSA) is 83.8 Å². The second-order valence-corrected chi connectivity index (χ2v) is 5.72. The predicted octanol–water partition coefficient (Wildman–Crippen LogP) is 3.60. The van der Waals surface area contributed by atoms with E-state index < -0.39 is 0 Å². The molecule has 0 aliphatic rings. The lowest BCUT2D eigenvalue weighted by molar-refractivity contribution is 0.867. The van der Waals surface area contributed by atoms with Crippen LogP contribution < -0.4 is 10.9 Å². The van der Waals surface area contributed by atoms with Crippen molar-refractivity contribution in [1.29, 1.82) is 5.26 Å². The number of nitriles is 1. The van der Waals surface area contributed by atoms with Gasteiger partial charge in [-0.15, -0.1) is 0 Å². The van der Waals surface area contributed by atoms with E-state index in [2.05, 4.69) is 29.3 Å². The Morgan fingerprint density at radius 2 is 1.93 bits per heavy atom. The second kappa shape index (κ2) is 7.95. The van der Waals surface area contributed by atoms with E-state index in [1.54, 1.807) is 59.8 Å². The van der Waals surface area contributed by atoms with E-state index in [1.807, 2.05) is 18.2 Å². The number of hydrogen-bond acceptors (Lipinski definition) is 5. The lowest BCUT2D eigenvalue weighted by atomic mass is 10.1. The van der Waals surface area contributed by atoms with Crippen molar-refractivity contribution in [3.05, 3.63) is 103 Å². The molecule has 27 heavy (non-hydrogen) atoms. The maximum absolute atomic E-state index is 9.10. The smallest absolute Gasteiger partial charge is 0.0992 e. The Kier molecular flexibility index (Phi) is 5.26. The van der Waals surface area contributed by atoms with E-state index in [0.29, 0.717) is 16.7 Å². The lowest BCUT2D eigenvalue weighted by Crippen LogP contribution is -2.23. The fourth-order valence-electron chi connectivity index (χ4n) is 2.48. The van der Waals surface area contributed by atoms with E-state index in [9.17, 15) is 0 Å². The number of aromatic nitrogens is 3. The van der Waals surface area contributed by atoms with Gasteiger partial charge < -0.3 is 0 Å². The molecule has 0 unspecified atom stereocenters. The van der Waals surface area contributed by atoms with Crippen LogP contribution >= 0.6 is 0 Å². The van der Waals surface area contributed by atoms with Crippen LogP contribution in [0.25, 0.3) is 11.3 Å². The number of rotatable bonds is 6. The molecule has 0 aliphatic heterocycles. The van der Waals surface area contributed by atoms with Crippen LogP contribution in [0.1, 0.15) is 11.3 Å². The van der Waals surface area contributed by atoms with Gasteiger partial charge in [0, 0.05) is 18.6 Å². The SMILES string of the molecule is C=C(/C=C\N(N)c1ccncc1)C(=C)c1ccnn1-c1cccc(C#N)c1. The number of allylic oxidation sites excluding steroid dienone is 3. The zero-order valence-electron chi connectivity index (χ0n) is 14.7. The van der Waals surface area contributed by atoms with Crippen molar-refractivity contribution >= 4 is 11.3 Å². The average Bonchev–Trinajstić information content (AvgIpc) is 3.21. The summed E-state index contributed by atoms with van der Waals surface area (Å²) in [7, 11) is 0. The van der Waals surface area contributed by atoms with Gasteiger partial charge in [-0.1, -0.05) is 19.2 Å². The summed E-state index contributed by atoms with van der Waals surface area (Å²) in [6, 6.07) is 14.8. The van der Waals surface area contributed by atoms with Crippen LogP contribution in [0.3, 0.4) is 0 Å². The number of hydrogen-bond donors (Lipinski definition) is 1. The number of anilines is 1. The average molecular weight is 354 g/mol. The molecule has 1 aromatic carbocycles. The molecule has 0 saturated carbocycles. The highest BCUT2D eigenvalue weighted by Crippen LogP contribution is 2.24. The molecule has 0 aliphatic carbocycles. The van der Waals surface area contributed by atoms with Crippen molar-refractivity contribution in [2.45, 2.75) is 0 Å². The van der Waals surface area contributed by atoms with Crippen LogP contribution in [0, 0.1) is 11.3 Å². The van der Waals surface area contributed by atoms with Crippen LogP contribution in [0.4, 0.5) is 5.69 Å². The number of pyridine rings is 1. The van der Waals surface area contributed by atoms with Crippen LogP contribution in [0.2, 0.25) is 0 Å². The quantitative estimate of drug-likeness (QED) is 0.415. The third-order valence-electron chi connectivity index (χ3n) is 3.96. The van der Waals surface area contributed by atoms with Crippen molar-refractivity contribution in [2.24, 2.45) is 5.84 Å². The summed E-state index contributed by atoms with van der Waals surface area (Å²) in [6.45, 7) is 8.20. The van der Waals surface area contributed by atoms with Crippen molar-refractivity contribution in [3.8, 4) is 11.8 Å². The Labute approximate surface area is 157 Å². The highest BCUT2D eigenvalue weighted by molar-refractivity contribution is 5.78. The highest BCUT2D eigenvalue weighted by atomic mass is 15.4. The number of nitrogens with zero attached hydrogens (tertiary/aromatic N) is 5. The van der Waals surface area contributed by atoms with Crippen LogP contribution in [0.15, 0.2) is 92.1 Å². The van der Waals surface area contributed by atoms with Gasteiger partial charge in [0.2, 0.25) is 0 Å². The molecule has 3 rings (SSSR count). The zero-order chi connectivity index (χ0) is 19.2. The third kappa shape index (κ3) is 4.00. The standard InChI is InChI=1S/C21H18N6/c1-16(9-13-26(23)19-6-10-24-11-7-19)17(2)21-8-12-25-27(21)20-5-3-4-18(14-20)15-22/h3-14H,1-2,23H2/b13-9-. The molecular weight excluding hydrogens is 336 g/mol. The molecule has 3 aromatic rings. The minimum absolute atomic E-state index is 0.564. The molecule has 0 radical (unpaired) electrons. The van der Waals surface area contributed by atoms with Crippen molar-refractivity contribution < 1.29 is 0 Å². The molecule has 0 amide bonds. The Morgan fingerprint density at radius 3 is 2.67 bits per heavy atom. The molecule has 6 heteroatoms. The largest absolute Gasteiger partial charge is 0.287 e. The summed E-state index contributed by atoms with van der Waals surface area (Å²) >= 11 is 0. The molecular formula is C21H18N6.